The third-order valence-electron chi connectivity index (χ3n) is 2.56. The summed E-state index contributed by atoms with van der Waals surface area (Å²) in [6, 6.07) is 7.11. The Morgan fingerprint density at radius 3 is 2.64 bits per heavy atom. The number of ketones is 1. The summed E-state index contributed by atoms with van der Waals surface area (Å²) in [7, 11) is 0. The third-order valence-corrected chi connectivity index (χ3v) is 2.81. The van der Waals surface area contributed by atoms with E-state index in [4.69, 9.17) is 11.6 Å². The van der Waals surface area contributed by atoms with Gasteiger partial charge in [-0.05, 0) is 37.2 Å². The van der Waals surface area contributed by atoms with E-state index >= 15 is 0 Å². The van der Waals surface area contributed by atoms with E-state index in [1.54, 1.807) is 24.3 Å². The Labute approximate surface area is 88.3 Å². The summed E-state index contributed by atoms with van der Waals surface area (Å²) in [6.07, 6.45) is 0.946. The summed E-state index contributed by atoms with van der Waals surface area (Å²) in [5.41, 5.74) is 0.767. The van der Waals surface area contributed by atoms with Gasteiger partial charge in [-0.3, -0.25) is 4.79 Å². The van der Waals surface area contributed by atoms with Crippen molar-refractivity contribution >= 4 is 17.4 Å². The normalized spacial score (nSPS) is 21.1. The predicted octanol–water partition coefficient (Wildman–Crippen LogP) is 2.13. The summed E-state index contributed by atoms with van der Waals surface area (Å²) in [5, 5.41) is 3.86. The minimum atomic E-state index is 0.149. The van der Waals surface area contributed by atoms with Gasteiger partial charge in [-0.1, -0.05) is 11.6 Å². The van der Waals surface area contributed by atoms with Crippen molar-refractivity contribution in [2.45, 2.75) is 6.42 Å². The number of benzene rings is 1. The minimum absolute atomic E-state index is 0.149. The van der Waals surface area contributed by atoms with Crippen LogP contribution in [0.3, 0.4) is 0 Å². The molecule has 1 aliphatic rings. The van der Waals surface area contributed by atoms with Crippen molar-refractivity contribution in [1.82, 2.24) is 5.32 Å². The van der Waals surface area contributed by atoms with Gasteiger partial charge in [-0.25, -0.2) is 0 Å². The van der Waals surface area contributed by atoms with Gasteiger partial charge in [0.2, 0.25) is 0 Å². The zero-order chi connectivity index (χ0) is 9.97. The van der Waals surface area contributed by atoms with E-state index in [-0.39, 0.29) is 11.7 Å². The monoisotopic (exact) mass is 209 g/mol. The van der Waals surface area contributed by atoms with Gasteiger partial charge < -0.3 is 5.32 Å². The number of halogens is 1. The molecule has 2 nitrogen and oxygen atoms in total. The first kappa shape index (κ1) is 9.69. The Hall–Kier alpha value is -0.860. The third kappa shape index (κ3) is 1.97. The molecule has 0 bridgehead atoms. The number of Topliss-reactive ketones (excluding diaryl/α,β-unsaturated/α-hetero) is 1. The first-order valence-electron chi connectivity index (χ1n) is 4.78. The fraction of sp³-hybridized carbons (Fsp3) is 0.364. The second kappa shape index (κ2) is 4.11. The average molecular weight is 210 g/mol. The lowest BCUT2D eigenvalue weighted by molar-refractivity contribution is 0.0930. The number of carbonyl (C=O) groups is 1. The van der Waals surface area contributed by atoms with E-state index in [2.05, 4.69) is 5.32 Å². The van der Waals surface area contributed by atoms with Crippen LogP contribution in [0.2, 0.25) is 5.02 Å². The zero-order valence-electron chi connectivity index (χ0n) is 7.79. The molecule has 0 radical (unpaired) electrons. The molecule has 0 aromatic heterocycles. The van der Waals surface area contributed by atoms with Crippen molar-refractivity contribution in [2.75, 3.05) is 13.1 Å². The fourth-order valence-electron chi connectivity index (χ4n) is 1.73. The minimum Gasteiger partial charge on any atom is -0.316 e. The van der Waals surface area contributed by atoms with Gasteiger partial charge in [0.15, 0.2) is 5.78 Å². The molecule has 1 atom stereocenters. The number of carbonyl (C=O) groups excluding carboxylic acids is 1. The molecule has 1 unspecified atom stereocenters. The molecule has 1 aromatic rings. The molecule has 2 rings (SSSR count). The number of nitrogens with one attached hydrogen (secondary N) is 1. The van der Waals surface area contributed by atoms with Crippen LogP contribution in [-0.4, -0.2) is 18.9 Å². The van der Waals surface area contributed by atoms with Gasteiger partial charge in [0.1, 0.15) is 0 Å². The Bertz CT molecular complexity index is 328. The summed E-state index contributed by atoms with van der Waals surface area (Å²) in [5.74, 6) is 0.378. The van der Waals surface area contributed by atoms with Crippen LogP contribution in [0.1, 0.15) is 16.8 Å². The van der Waals surface area contributed by atoms with Crippen LogP contribution in [0.15, 0.2) is 24.3 Å². The van der Waals surface area contributed by atoms with Gasteiger partial charge in [0, 0.05) is 23.0 Å². The molecule has 1 N–H and O–H groups in total. The van der Waals surface area contributed by atoms with Gasteiger partial charge in [-0.2, -0.15) is 0 Å². The van der Waals surface area contributed by atoms with Crippen LogP contribution < -0.4 is 5.32 Å². The van der Waals surface area contributed by atoms with Crippen LogP contribution in [0, 0.1) is 5.92 Å². The van der Waals surface area contributed by atoms with E-state index in [0.717, 1.165) is 25.1 Å². The maximum Gasteiger partial charge on any atom is 0.167 e. The highest BCUT2D eigenvalue weighted by Crippen LogP contribution is 2.17. The zero-order valence-corrected chi connectivity index (χ0v) is 8.55. The highest BCUT2D eigenvalue weighted by molar-refractivity contribution is 6.30. The molecule has 0 amide bonds. The Balaban J connectivity index is 2.14. The van der Waals surface area contributed by atoms with Crippen molar-refractivity contribution < 1.29 is 4.79 Å². The summed E-state index contributed by atoms with van der Waals surface area (Å²) in [6.45, 7) is 1.76. The molecule has 1 saturated heterocycles. The molecule has 3 heteroatoms. The highest BCUT2D eigenvalue weighted by atomic mass is 35.5. The smallest absolute Gasteiger partial charge is 0.167 e. The van der Waals surface area contributed by atoms with E-state index < -0.39 is 0 Å². The first-order chi connectivity index (χ1) is 6.77. The molecule has 0 aliphatic carbocycles. The summed E-state index contributed by atoms with van der Waals surface area (Å²) in [4.78, 5) is 11.9. The molecule has 1 fully saturated rings. The van der Waals surface area contributed by atoms with Crippen LogP contribution in [0.5, 0.6) is 0 Å². The van der Waals surface area contributed by atoms with Crippen LogP contribution in [0.25, 0.3) is 0 Å². The predicted molar refractivity (Wildman–Crippen MR) is 56.8 cm³/mol. The Morgan fingerprint density at radius 2 is 2.07 bits per heavy atom. The molecule has 74 valence electrons. The van der Waals surface area contributed by atoms with Crippen molar-refractivity contribution in [3.8, 4) is 0 Å². The standard InChI is InChI=1S/C11H12ClNO/c12-10-3-1-8(2-4-10)11(14)9-5-6-13-7-9/h1-4,9,13H,5-7H2. The molecule has 1 aliphatic heterocycles. The maximum atomic E-state index is 11.9. The lowest BCUT2D eigenvalue weighted by atomic mass is 9.97. The average Bonchev–Trinajstić information content (AvgIpc) is 2.71. The molecular formula is C11H12ClNO. The Morgan fingerprint density at radius 1 is 1.36 bits per heavy atom. The van der Waals surface area contributed by atoms with Gasteiger partial charge in [-0.15, -0.1) is 0 Å². The van der Waals surface area contributed by atoms with Crippen LogP contribution in [0.4, 0.5) is 0 Å². The lowest BCUT2D eigenvalue weighted by Crippen LogP contribution is -2.17. The molecule has 0 saturated carbocycles. The van der Waals surface area contributed by atoms with Gasteiger partial charge in [0.25, 0.3) is 0 Å². The van der Waals surface area contributed by atoms with Crippen molar-refractivity contribution in [3.63, 3.8) is 0 Å². The quantitative estimate of drug-likeness (QED) is 0.757. The topological polar surface area (TPSA) is 29.1 Å². The van der Waals surface area contributed by atoms with E-state index in [9.17, 15) is 4.79 Å². The molecule has 0 spiro atoms. The van der Waals surface area contributed by atoms with E-state index in [0.29, 0.717) is 5.02 Å². The molecule has 14 heavy (non-hydrogen) atoms. The van der Waals surface area contributed by atoms with Crippen LogP contribution in [-0.2, 0) is 0 Å². The SMILES string of the molecule is O=C(c1ccc(Cl)cc1)C1CCNC1. The number of hydrogen-bond donors (Lipinski definition) is 1. The number of hydrogen-bond acceptors (Lipinski definition) is 2. The second-order valence-corrected chi connectivity index (χ2v) is 4.00. The fourth-order valence-corrected chi connectivity index (χ4v) is 1.85. The van der Waals surface area contributed by atoms with Crippen molar-refractivity contribution in [1.29, 1.82) is 0 Å². The molecular weight excluding hydrogens is 198 g/mol. The second-order valence-electron chi connectivity index (χ2n) is 3.56. The number of rotatable bonds is 2. The van der Waals surface area contributed by atoms with Crippen molar-refractivity contribution in [2.24, 2.45) is 5.92 Å². The summed E-state index contributed by atoms with van der Waals surface area (Å²) >= 11 is 5.75. The molecule has 1 heterocycles. The lowest BCUT2D eigenvalue weighted by Gasteiger charge is -2.06. The van der Waals surface area contributed by atoms with Gasteiger partial charge >= 0.3 is 0 Å². The van der Waals surface area contributed by atoms with Crippen molar-refractivity contribution in [3.05, 3.63) is 34.9 Å². The largest absolute Gasteiger partial charge is 0.316 e. The highest BCUT2D eigenvalue weighted by Gasteiger charge is 2.23. The first-order valence-corrected chi connectivity index (χ1v) is 5.15. The Kier molecular flexibility index (Phi) is 2.85. The van der Waals surface area contributed by atoms with Crippen LogP contribution >= 0.6 is 11.6 Å². The van der Waals surface area contributed by atoms with E-state index in [1.165, 1.54) is 0 Å². The molecule has 1 aromatic carbocycles. The van der Waals surface area contributed by atoms with E-state index in [1.807, 2.05) is 0 Å². The maximum absolute atomic E-state index is 11.9. The summed E-state index contributed by atoms with van der Waals surface area (Å²) < 4.78 is 0. The van der Waals surface area contributed by atoms with Gasteiger partial charge in [0.05, 0.1) is 0 Å².